The lowest BCUT2D eigenvalue weighted by atomic mass is 9.99. The first kappa shape index (κ1) is 25.0. The molecule has 3 rings (SSSR count). The lowest BCUT2D eigenvalue weighted by molar-refractivity contribution is -0.0427. The van der Waals surface area contributed by atoms with E-state index in [1.54, 1.807) is 0 Å². The molecule has 0 spiro atoms. The van der Waals surface area contributed by atoms with Gasteiger partial charge in [0.2, 0.25) is 5.95 Å². The number of H-pyrrole nitrogens is 1. The van der Waals surface area contributed by atoms with Crippen LogP contribution in [-0.4, -0.2) is 62.9 Å². The summed E-state index contributed by atoms with van der Waals surface area (Å²) in [6.07, 6.45) is -0.734. The van der Waals surface area contributed by atoms with Crippen molar-refractivity contribution in [3.63, 3.8) is 0 Å². The molecule has 0 aromatic carbocycles. The van der Waals surface area contributed by atoms with Crippen LogP contribution in [0.3, 0.4) is 0 Å². The van der Waals surface area contributed by atoms with Crippen LogP contribution < -0.4 is 11.3 Å². The highest BCUT2D eigenvalue weighted by atomic mass is 35.5. The number of nitrogens with zero attached hydrogens (tertiary/aromatic N) is 2. The van der Waals surface area contributed by atoms with Crippen molar-refractivity contribution in [2.75, 3.05) is 12.3 Å². The van der Waals surface area contributed by atoms with Crippen LogP contribution in [0.1, 0.15) is 8.97 Å². The van der Waals surface area contributed by atoms with Crippen molar-refractivity contribution in [3.8, 4) is 12.3 Å². The minimum absolute atomic E-state index is 0.490. The maximum Gasteiger partial charge on any atom is 0.490 e. The van der Waals surface area contributed by atoms with Gasteiger partial charge in [0.05, 0.1) is 9.30 Å². The number of phosphoric ester groups is 1. The summed E-state index contributed by atoms with van der Waals surface area (Å²) in [4.78, 5) is 51.4. The normalized spacial score (nSPS) is 29.7. The van der Waals surface area contributed by atoms with Crippen molar-refractivity contribution < 1.29 is 63.4 Å². The topological polar surface area (TPSA) is 266 Å². The van der Waals surface area contributed by atoms with Gasteiger partial charge in [-0.25, -0.2) is 18.1 Å². The standard InChI is InChI=1S/C13H15ClFN4O13P3/c1-2-13(14)8(20)6(4-29-34(25,26)32-35(27,28)31-33(22,23)24)30-11(13)19-3-5(15)7-9(19)17-12(16)18-10(7)21/h1,3,6,8,11,20H,4H2,(H,25,26)(H,27,28)(H2,22,23,24)(H3,16,17,18,21)/t6-,8+,11-,13?/m1/s1/i4D2. The third kappa shape index (κ3) is 5.85. The molecule has 0 bridgehead atoms. The number of aliphatic hydroxyl groups is 1. The number of aliphatic hydroxyl groups excluding tert-OH is 1. The Bertz CT molecular complexity index is 1490. The van der Waals surface area contributed by atoms with Gasteiger partial charge in [-0.1, -0.05) is 17.5 Å². The quantitative estimate of drug-likeness (QED) is 0.119. The summed E-state index contributed by atoms with van der Waals surface area (Å²) in [5.74, 6) is 0.224. The van der Waals surface area contributed by atoms with Crippen molar-refractivity contribution in [3.05, 3.63) is 22.4 Å². The second kappa shape index (κ2) is 9.33. The maximum absolute atomic E-state index is 14.5. The van der Waals surface area contributed by atoms with Crippen LogP contribution in [-0.2, 0) is 31.6 Å². The highest BCUT2D eigenvalue weighted by Crippen LogP contribution is 2.66. The summed E-state index contributed by atoms with van der Waals surface area (Å²) in [7, 11) is -17.8. The number of alkyl halides is 1. The van der Waals surface area contributed by atoms with Gasteiger partial charge in [0, 0.05) is 6.20 Å². The molecule has 194 valence electrons. The van der Waals surface area contributed by atoms with Crippen LogP contribution in [0.2, 0.25) is 0 Å². The predicted molar refractivity (Wildman–Crippen MR) is 112 cm³/mol. The number of ether oxygens (including phenoxy) is 1. The molecular weight excluding hydrogens is 568 g/mol. The maximum atomic E-state index is 14.5. The van der Waals surface area contributed by atoms with Crippen molar-refractivity contribution in [1.82, 2.24) is 14.5 Å². The summed E-state index contributed by atoms with van der Waals surface area (Å²) in [5.41, 5.74) is 3.92. The van der Waals surface area contributed by atoms with Crippen LogP contribution in [0.15, 0.2) is 11.0 Å². The zero-order valence-corrected chi connectivity index (χ0v) is 19.9. The van der Waals surface area contributed by atoms with Crippen LogP contribution >= 0.6 is 35.1 Å². The average Bonchev–Trinajstić information content (AvgIpc) is 3.12. The molecule has 8 N–H and O–H groups in total. The number of hydrogen-bond acceptors (Lipinski definition) is 11. The van der Waals surface area contributed by atoms with Gasteiger partial charge in [-0.15, -0.1) is 6.42 Å². The molecule has 17 nitrogen and oxygen atoms in total. The van der Waals surface area contributed by atoms with E-state index in [1.807, 2.05) is 10.9 Å². The highest BCUT2D eigenvalue weighted by Gasteiger charge is 2.56. The van der Waals surface area contributed by atoms with Crippen molar-refractivity contribution in [2.45, 2.75) is 23.3 Å². The molecule has 0 radical (unpaired) electrons. The first-order valence-corrected chi connectivity index (χ1v) is 13.4. The molecular formula is C13H15ClFN4O13P3. The molecule has 3 unspecified atom stereocenters. The third-order valence-corrected chi connectivity index (χ3v) is 8.36. The molecule has 3 heterocycles. The number of aromatic amines is 1. The van der Waals surface area contributed by atoms with Crippen molar-refractivity contribution in [1.29, 1.82) is 0 Å². The van der Waals surface area contributed by atoms with E-state index in [4.69, 9.17) is 41.0 Å². The minimum atomic E-state index is -6.07. The summed E-state index contributed by atoms with van der Waals surface area (Å²) in [6, 6.07) is 0. The van der Waals surface area contributed by atoms with Crippen molar-refractivity contribution >= 4 is 52.1 Å². The van der Waals surface area contributed by atoms with Gasteiger partial charge in [0.1, 0.15) is 17.6 Å². The van der Waals surface area contributed by atoms with E-state index in [0.29, 0.717) is 10.8 Å². The number of fused-ring (bicyclic) bond motifs is 1. The number of nitrogens with one attached hydrogen (secondary N) is 1. The van der Waals surface area contributed by atoms with Crippen LogP contribution in [0, 0.1) is 18.2 Å². The van der Waals surface area contributed by atoms with E-state index in [-0.39, 0.29) is 0 Å². The van der Waals surface area contributed by atoms with Crippen molar-refractivity contribution in [2.24, 2.45) is 0 Å². The summed E-state index contributed by atoms with van der Waals surface area (Å²) in [5, 5.41) is 10.0. The van der Waals surface area contributed by atoms with E-state index in [2.05, 4.69) is 18.1 Å². The molecule has 6 atom stereocenters. The fourth-order valence-corrected chi connectivity index (χ4v) is 6.06. The number of phosphoric acid groups is 3. The molecule has 1 fully saturated rings. The SMILES string of the molecule is [2H]C([2H])(OP(=O)(O)OP(=O)(O)OP(=O)(O)O)[C@H]1O[C@@H](n2cc(F)c3c(=O)[nH]c(N)nc32)C(Cl)(C#C)[C@H]1O. The number of nitrogen functional groups attached to an aromatic ring is 1. The van der Waals surface area contributed by atoms with Crippen LogP contribution in [0.25, 0.3) is 11.0 Å². The number of halogens is 2. The summed E-state index contributed by atoms with van der Waals surface area (Å²) >= 11 is 6.27. The fraction of sp³-hybridized carbons (Fsp3) is 0.385. The summed E-state index contributed by atoms with van der Waals surface area (Å²) in [6.45, 7) is -3.68. The summed E-state index contributed by atoms with van der Waals surface area (Å²) < 4.78 is 81.8. The molecule has 35 heavy (non-hydrogen) atoms. The van der Waals surface area contributed by atoms with E-state index in [9.17, 15) is 37.8 Å². The van der Waals surface area contributed by atoms with Crippen LogP contribution in [0.4, 0.5) is 10.3 Å². The number of hydrogen-bond donors (Lipinski definition) is 7. The largest absolute Gasteiger partial charge is 0.490 e. The Balaban J connectivity index is 1.99. The van der Waals surface area contributed by atoms with E-state index < -0.39 is 81.7 Å². The average molecular weight is 585 g/mol. The smallest absolute Gasteiger partial charge is 0.387 e. The molecule has 22 heteroatoms. The Morgan fingerprint density at radius 3 is 2.57 bits per heavy atom. The second-order valence-corrected chi connectivity index (χ2v) is 11.6. The molecule has 2 aromatic rings. The Morgan fingerprint density at radius 2 is 2.00 bits per heavy atom. The second-order valence-electron chi connectivity index (χ2n) is 6.60. The Kier molecular flexibility index (Phi) is 6.66. The Morgan fingerprint density at radius 1 is 1.37 bits per heavy atom. The number of nitrogens with two attached hydrogens (primary N) is 1. The van der Waals surface area contributed by atoms with Gasteiger partial charge in [-0.2, -0.15) is 13.6 Å². The first-order valence-electron chi connectivity index (χ1n) is 9.53. The predicted octanol–water partition coefficient (Wildman–Crippen LogP) is -0.342. The lowest BCUT2D eigenvalue weighted by Gasteiger charge is -2.25. The zero-order chi connectivity index (χ0) is 28.4. The Hall–Kier alpha value is -1.67. The number of aromatic nitrogens is 3. The molecule has 0 aliphatic carbocycles. The lowest BCUT2D eigenvalue weighted by Crippen LogP contribution is -2.41. The van der Waals surface area contributed by atoms with Gasteiger partial charge in [-0.3, -0.25) is 18.9 Å². The van der Waals surface area contributed by atoms with Crippen LogP contribution in [0.5, 0.6) is 0 Å². The Labute approximate surface area is 200 Å². The van der Waals surface area contributed by atoms with Gasteiger partial charge < -0.3 is 35.2 Å². The molecule has 2 aromatic heterocycles. The molecule has 1 aliphatic rings. The molecule has 1 saturated heterocycles. The molecule has 1 aliphatic heterocycles. The van der Waals surface area contributed by atoms with Gasteiger partial charge in [0.15, 0.2) is 22.6 Å². The molecule has 0 amide bonds. The number of rotatable bonds is 8. The van der Waals surface area contributed by atoms with Gasteiger partial charge in [0.25, 0.3) is 5.56 Å². The molecule has 0 saturated carbocycles. The van der Waals surface area contributed by atoms with E-state index in [0.717, 1.165) is 0 Å². The third-order valence-electron chi connectivity index (χ3n) is 4.18. The first-order chi connectivity index (χ1) is 16.6. The van der Waals surface area contributed by atoms with E-state index in [1.165, 1.54) is 0 Å². The zero-order valence-electron chi connectivity index (χ0n) is 18.5. The van der Waals surface area contributed by atoms with Gasteiger partial charge in [-0.05, 0) is 0 Å². The van der Waals surface area contributed by atoms with E-state index >= 15 is 0 Å². The van der Waals surface area contributed by atoms with Gasteiger partial charge >= 0.3 is 23.5 Å². The number of terminal acetylenes is 1. The monoisotopic (exact) mass is 584 g/mol. The fourth-order valence-electron chi connectivity index (χ4n) is 2.92. The highest BCUT2D eigenvalue weighted by molar-refractivity contribution is 7.66. The number of anilines is 1. The minimum Gasteiger partial charge on any atom is -0.387 e.